The van der Waals surface area contributed by atoms with Crippen LogP contribution in [0.25, 0.3) is 0 Å². The summed E-state index contributed by atoms with van der Waals surface area (Å²) in [4.78, 5) is 11.7. The van der Waals surface area contributed by atoms with Crippen molar-refractivity contribution in [2.45, 2.75) is 50.4 Å². The molecule has 4 nitrogen and oxygen atoms in total. The second-order valence-corrected chi connectivity index (χ2v) is 6.34. The molecule has 19 heavy (non-hydrogen) atoms. The summed E-state index contributed by atoms with van der Waals surface area (Å²) in [5.41, 5.74) is -0.942. The Morgan fingerprint density at radius 2 is 2.05 bits per heavy atom. The second-order valence-electron chi connectivity index (χ2n) is 6.34. The van der Waals surface area contributed by atoms with Crippen LogP contribution in [-0.4, -0.2) is 34.0 Å². The molecule has 2 N–H and O–H groups in total. The fourth-order valence-electron chi connectivity index (χ4n) is 4.13. The predicted octanol–water partition coefficient (Wildman–Crippen LogP) is 1.33. The van der Waals surface area contributed by atoms with Gasteiger partial charge in [0.1, 0.15) is 11.7 Å². The number of ether oxygens (including phenoxy) is 1. The number of carbonyl (C=O) groups excluding carboxylic acids is 1. The van der Waals surface area contributed by atoms with Crippen LogP contribution in [0.3, 0.4) is 0 Å². The summed E-state index contributed by atoms with van der Waals surface area (Å²) in [6.07, 6.45) is 1.26. The Balaban J connectivity index is 2.10. The van der Waals surface area contributed by atoms with E-state index >= 15 is 0 Å². The number of fused-ring (bicyclic) bond motifs is 3. The molecule has 0 aromatic heterocycles. The van der Waals surface area contributed by atoms with E-state index in [2.05, 4.69) is 13.2 Å². The van der Waals surface area contributed by atoms with Crippen LogP contribution in [-0.2, 0) is 9.53 Å². The number of rotatable bonds is 0. The van der Waals surface area contributed by atoms with E-state index in [4.69, 9.17) is 4.74 Å². The topological polar surface area (TPSA) is 66.8 Å². The molecule has 0 unspecified atom stereocenters. The SMILES string of the molecule is C=C1C(=O)O[C@H]2[C@H]1CC[C@@]1(C)[C@H](O)CCC(=C)[C@]21O. The number of esters is 1. The maximum atomic E-state index is 11.7. The van der Waals surface area contributed by atoms with Gasteiger partial charge in [-0.05, 0) is 31.3 Å². The first-order valence-corrected chi connectivity index (χ1v) is 6.81. The Bertz CT molecular complexity index is 483. The lowest BCUT2D eigenvalue weighted by Crippen LogP contribution is -2.66. The first kappa shape index (κ1) is 12.9. The lowest BCUT2D eigenvalue weighted by atomic mass is 9.51. The van der Waals surface area contributed by atoms with E-state index in [1.807, 2.05) is 6.92 Å². The minimum atomic E-state index is -1.34. The molecule has 1 aliphatic heterocycles. The zero-order chi connectivity index (χ0) is 14.0. The van der Waals surface area contributed by atoms with Gasteiger partial charge in [0.25, 0.3) is 0 Å². The van der Waals surface area contributed by atoms with Crippen LogP contribution in [0.2, 0.25) is 0 Å². The van der Waals surface area contributed by atoms with Crippen molar-refractivity contribution in [1.29, 1.82) is 0 Å². The Morgan fingerprint density at radius 3 is 2.74 bits per heavy atom. The van der Waals surface area contributed by atoms with E-state index in [9.17, 15) is 15.0 Å². The highest BCUT2D eigenvalue weighted by molar-refractivity contribution is 5.91. The molecule has 3 rings (SSSR count). The van der Waals surface area contributed by atoms with Gasteiger partial charge in [0, 0.05) is 16.9 Å². The maximum Gasteiger partial charge on any atom is 0.334 e. The van der Waals surface area contributed by atoms with E-state index < -0.39 is 29.2 Å². The van der Waals surface area contributed by atoms with E-state index in [1.54, 1.807) is 0 Å². The van der Waals surface area contributed by atoms with Crippen molar-refractivity contribution < 1.29 is 19.7 Å². The van der Waals surface area contributed by atoms with E-state index in [0.29, 0.717) is 36.8 Å². The molecule has 0 radical (unpaired) electrons. The molecule has 5 atom stereocenters. The first-order chi connectivity index (χ1) is 8.82. The fourth-order valence-corrected chi connectivity index (χ4v) is 4.13. The quantitative estimate of drug-likeness (QED) is 0.393. The zero-order valence-electron chi connectivity index (χ0n) is 11.2. The third-order valence-corrected chi connectivity index (χ3v) is 5.56. The molecule has 2 aliphatic carbocycles. The van der Waals surface area contributed by atoms with E-state index in [0.717, 1.165) is 0 Å². The van der Waals surface area contributed by atoms with Crippen molar-refractivity contribution in [2.75, 3.05) is 0 Å². The van der Waals surface area contributed by atoms with Gasteiger partial charge in [0.2, 0.25) is 0 Å². The van der Waals surface area contributed by atoms with Gasteiger partial charge in [-0.25, -0.2) is 4.79 Å². The molecule has 0 aromatic rings. The summed E-state index contributed by atoms with van der Waals surface area (Å²) in [6, 6.07) is 0. The van der Waals surface area contributed by atoms with Gasteiger partial charge in [-0.3, -0.25) is 0 Å². The van der Waals surface area contributed by atoms with Gasteiger partial charge in [0.05, 0.1) is 6.10 Å². The minimum Gasteiger partial charge on any atom is -0.455 e. The molecule has 2 saturated carbocycles. The molecule has 1 saturated heterocycles. The standard InChI is InChI=1S/C15H20O4/c1-8-4-5-11(16)14(3)7-6-10-9(2)13(17)19-12(10)15(8,14)18/h10-12,16,18H,1-2,4-7H2,3H3/t10-,11+,12-,14-,15-/m0/s1. The van der Waals surface area contributed by atoms with Crippen molar-refractivity contribution in [3.8, 4) is 0 Å². The van der Waals surface area contributed by atoms with Crippen molar-refractivity contribution >= 4 is 5.97 Å². The number of aliphatic hydroxyl groups excluding tert-OH is 1. The number of hydrogen-bond donors (Lipinski definition) is 2. The highest BCUT2D eigenvalue weighted by Gasteiger charge is 2.67. The van der Waals surface area contributed by atoms with Gasteiger partial charge < -0.3 is 14.9 Å². The number of hydrogen-bond acceptors (Lipinski definition) is 4. The summed E-state index contributed by atoms with van der Waals surface area (Å²) in [5.74, 6) is -0.590. The van der Waals surface area contributed by atoms with Crippen molar-refractivity contribution in [1.82, 2.24) is 0 Å². The van der Waals surface area contributed by atoms with Crippen LogP contribution < -0.4 is 0 Å². The normalized spacial score (nSPS) is 49.6. The Morgan fingerprint density at radius 1 is 1.37 bits per heavy atom. The molecule has 3 aliphatic rings. The molecular formula is C15H20O4. The third-order valence-electron chi connectivity index (χ3n) is 5.56. The number of carbonyl (C=O) groups is 1. The highest BCUT2D eigenvalue weighted by Crippen LogP contribution is 2.59. The van der Waals surface area contributed by atoms with Gasteiger partial charge >= 0.3 is 5.97 Å². The van der Waals surface area contributed by atoms with Gasteiger partial charge in [-0.15, -0.1) is 0 Å². The summed E-state index contributed by atoms with van der Waals surface area (Å²) >= 11 is 0. The lowest BCUT2D eigenvalue weighted by Gasteiger charge is -2.58. The van der Waals surface area contributed by atoms with Crippen molar-refractivity contribution in [3.63, 3.8) is 0 Å². The monoisotopic (exact) mass is 264 g/mol. The summed E-state index contributed by atoms with van der Waals surface area (Å²) in [6.45, 7) is 9.62. The molecule has 0 bridgehead atoms. The van der Waals surface area contributed by atoms with Crippen LogP contribution >= 0.6 is 0 Å². The molecule has 4 heteroatoms. The molecular weight excluding hydrogens is 244 g/mol. The van der Waals surface area contributed by atoms with E-state index in [1.165, 1.54) is 0 Å². The van der Waals surface area contributed by atoms with Crippen molar-refractivity contribution in [3.05, 3.63) is 24.3 Å². The minimum absolute atomic E-state index is 0.160. The van der Waals surface area contributed by atoms with Gasteiger partial charge in [-0.2, -0.15) is 0 Å². The Kier molecular flexibility index (Phi) is 2.51. The smallest absolute Gasteiger partial charge is 0.334 e. The van der Waals surface area contributed by atoms with Crippen molar-refractivity contribution in [2.24, 2.45) is 11.3 Å². The summed E-state index contributed by atoms with van der Waals surface area (Å²) in [7, 11) is 0. The maximum absolute atomic E-state index is 11.7. The fraction of sp³-hybridized carbons (Fsp3) is 0.667. The molecule has 0 spiro atoms. The summed E-state index contributed by atoms with van der Waals surface area (Å²) < 4.78 is 5.37. The molecule has 0 amide bonds. The highest BCUT2D eigenvalue weighted by atomic mass is 16.6. The summed E-state index contributed by atoms with van der Waals surface area (Å²) in [5, 5.41) is 21.6. The van der Waals surface area contributed by atoms with Crippen LogP contribution in [0.4, 0.5) is 0 Å². The van der Waals surface area contributed by atoms with Crippen LogP contribution in [0.1, 0.15) is 32.6 Å². The van der Waals surface area contributed by atoms with Crippen LogP contribution in [0, 0.1) is 11.3 Å². The Hall–Kier alpha value is -1.13. The predicted molar refractivity (Wildman–Crippen MR) is 69.2 cm³/mol. The van der Waals surface area contributed by atoms with Crippen LogP contribution in [0.15, 0.2) is 24.3 Å². The third kappa shape index (κ3) is 1.33. The van der Waals surface area contributed by atoms with E-state index in [-0.39, 0.29) is 5.92 Å². The molecule has 1 heterocycles. The average molecular weight is 264 g/mol. The van der Waals surface area contributed by atoms with Gasteiger partial charge in [-0.1, -0.05) is 20.1 Å². The Labute approximate surface area is 112 Å². The second kappa shape index (κ2) is 3.70. The largest absolute Gasteiger partial charge is 0.455 e. The lowest BCUT2D eigenvalue weighted by molar-refractivity contribution is -0.215. The molecule has 0 aromatic carbocycles. The zero-order valence-corrected chi connectivity index (χ0v) is 11.2. The van der Waals surface area contributed by atoms with Gasteiger partial charge in [0.15, 0.2) is 0 Å². The molecule has 104 valence electrons. The first-order valence-electron chi connectivity index (χ1n) is 6.81. The number of aliphatic hydroxyl groups is 2. The average Bonchev–Trinajstić information content (AvgIpc) is 2.66. The van der Waals surface area contributed by atoms with Crippen LogP contribution in [0.5, 0.6) is 0 Å². The molecule has 3 fully saturated rings.